The third kappa shape index (κ3) is 4.03. The van der Waals surface area contributed by atoms with Crippen molar-refractivity contribution in [3.05, 3.63) is 63.8 Å². The first kappa shape index (κ1) is 18.7. The van der Waals surface area contributed by atoms with Gasteiger partial charge in [0.05, 0.1) is 29.2 Å². The summed E-state index contributed by atoms with van der Waals surface area (Å²) >= 11 is 0. The van der Waals surface area contributed by atoms with Crippen LogP contribution in [0.5, 0.6) is 5.75 Å². The van der Waals surface area contributed by atoms with E-state index in [1.165, 1.54) is 12.1 Å². The van der Waals surface area contributed by atoms with Gasteiger partial charge in [0.2, 0.25) is 0 Å². The highest BCUT2D eigenvalue weighted by molar-refractivity contribution is 5.94. The number of carbonyl (C=O) groups excluding carboxylic acids is 1. The van der Waals surface area contributed by atoms with Crippen molar-refractivity contribution in [3.63, 3.8) is 0 Å². The highest BCUT2D eigenvalue weighted by atomic mass is 16.5. The van der Waals surface area contributed by atoms with Crippen LogP contribution in [0, 0.1) is 6.92 Å². The van der Waals surface area contributed by atoms with E-state index in [0.717, 1.165) is 11.1 Å². The maximum Gasteiger partial charge on any atom is 0.338 e. The van der Waals surface area contributed by atoms with Crippen LogP contribution in [0.25, 0.3) is 22.3 Å². The summed E-state index contributed by atoms with van der Waals surface area (Å²) in [6, 6.07) is 11.9. The lowest BCUT2D eigenvalue weighted by atomic mass is 10.1. The first-order valence-electron chi connectivity index (χ1n) is 8.91. The van der Waals surface area contributed by atoms with Gasteiger partial charge in [-0.25, -0.2) is 4.79 Å². The van der Waals surface area contributed by atoms with Crippen molar-refractivity contribution in [3.8, 4) is 17.1 Å². The highest BCUT2D eigenvalue weighted by Gasteiger charge is 2.15. The second-order valence-corrected chi connectivity index (χ2v) is 6.57. The van der Waals surface area contributed by atoms with Gasteiger partial charge in [0.15, 0.2) is 5.43 Å². The van der Waals surface area contributed by atoms with E-state index in [-0.39, 0.29) is 18.1 Å². The molecule has 3 aromatic rings. The van der Waals surface area contributed by atoms with Crippen molar-refractivity contribution in [1.29, 1.82) is 0 Å². The van der Waals surface area contributed by atoms with Gasteiger partial charge in [0.25, 0.3) is 0 Å². The van der Waals surface area contributed by atoms with Gasteiger partial charge in [0.1, 0.15) is 17.1 Å². The molecule has 0 amide bonds. The van der Waals surface area contributed by atoms with Crippen molar-refractivity contribution in [2.24, 2.45) is 0 Å². The first-order valence-corrected chi connectivity index (χ1v) is 8.91. The van der Waals surface area contributed by atoms with Crippen molar-refractivity contribution in [2.45, 2.75) is 33.8 Å². The molecular formula is C22H22O5. The van der Waals surface area contributed by atoms with Crippen LogP contribution in [-0.2, 0) is 4.74 Å². The van der Waals surface area contributed by atoms with Crippen LogP contribution in [0.1, 0.15) is 36.7 Å². The standard InChI is InChI=1S/C22H22O5/c1-5-25-22(24)15-7-9-19-16(11-15)18(23)12-21(27-19)17-10-14(4)6-8-20(17)26-13(2)3/h6-13H,5H2,1-4H3. The van der Waals surface area contributed by atoms with E-state index in [4.69, 9.17) is 13.9 Å². The molecule has 0 fully saturated rings. The lowest BCUT2D eigenvalue weighted by Crippen LogP contribution is -2.08. The van der Waals surface area contributed by atoms with Crippen LogP contribution in [-0.4, -0.2) is 18.7 Å². The Balaban J connectivity index is 2.13. The Hall–Kier alpha value is -3.08. The summed E-state index contributed by atoms with van der Waals surface area (Å²) < 4.78 is 16.8. The van der Waals surface area contributed by atoms with E-state index in [1.807, 2.05) is 39.0 Å². The fraction of sp³-hybridized carbons (Fsp3) is 0.273. The topological polar surface area (TPSA) is 65.7 Å². The molecule has 0 aliphatic heterocycles. The molecule has 5 heteroatoms. The smallest absolute Gasteiger partial charge is 0.338 e. The summed E-state index contributed by atoms with van der Waals surface area (Å²) in [4.78, 5) is 24.6. The van der Waals surface area contributed by atoms with Crippen LogP contribution in [0.2, 0.25) is 0 Å². The van der Waals surface area contributed by atoms with E-state index in [0.29, 0.717) is 28.0 Å². The molecule has 0 atom stereocenters. The van der Waals surface area contributed by atoms with Gasteiger partial charge in [-0.1, -0.05) is 11.6 Å². The number of carbonyl (C=O) groups is 1. The molecule has 0 aliphatic rings. The van der Waals surface area contributed by atoms with E-state index >= 15 is 0 Å². The Kier molecular flexibility index (Phi) is 5.31. The molecule has 0 unspecified atom stereocenters. The van der Waals surface area contributed by atoms with E-state index in [2.05, 4.69) is 0 Å². The number of ether oxygens (including phenoxy) is 2. The second-order valence-electron chi connectivity index (χ2n) is 6.57. The predicted molar refractivity (Wildman–Crippen MR) is 104 cm³/mol. The van der Waals surface area contributed by atoms with Crippen molar-refractivity contribution < 1.29 is 18.7 Å². The Bertz CT molecular complexity index is 1050. The molecule has 1 aromatic heterocycles. The summed E-state index contributed by atoms with van der Waals surface area (Å²) in [7, 11) is 0. The normalized spacial score (nSPS) is 11.0. The van der Waals surface area contributed by atoms with E-state index in [1.54, 1.807) is 19.1 Å². The molecular weight excluding hydrogens is 344 g/mol. The largest absolute Gasteiger partial charge is 0.490 e. The highest BCUT2D eigenvalue weighted by Crippen LogP contribution is 2.32. The quantitative estimate of drug-likeness (QED) is 0.611. The molecule has 5 nitrogen and oxygen atoms in total. The molecule has 2 aromatic carbocycles. The number of aryl methyl sites for hydroxylation is 1. The molecule has 0 bridgehead atoms. The van der Waals surface area contributed by atoms with Gasteiger partial charge in [-0.3, -0.25) is 4.79 Å². The SMILES string of the molecule is CCOC(=O)c1ccc2oc(-c3cc(C)ccc3OC(C)C)cc(=O)c2c1. The Morgan fingerprint density at radius 3 is 2.59 bits per heavy atom. The summed E-state index contributed by atoms with van der Waals surface area (Å²) in [5.74, 6) is 0.617. The Morgan fingerprint density at radius 2 is 1.89 bits per heavy atom. The van der Waals surface area contributed by atoms with Crippen molar-refractivity contribution in [2.75, 3.05) is 6.61 Å². The first-order chi connectivity index (χ1) is 12.9. The molecule has 0 spiro atoms. The zero-order valence-corrected chi connectivity index (χ0v) is 15.9. The molecule has 0 radical (unpaired) electrons. The lowest BCUT2D eigenvalue weighted by Gasteiger charge is -2.14. The van der Waals surface area contributed by atoms with Crippen LogP contribution in [0.3, 0.4) is 0 Å². The fourth-order valence-electron chi connectivity index (χ4n) is 2.82. The number of benzene rings is 2. The Morgan fingerprint density at radius 1 is 1.11 bits per heavy atom. The maximum absolute atomic E-state index is 12.7. The molecule has 0 saturated heterocycles. The molecule has 1 heterocycles. The van der Waals surface area contributed by atoms with Gasteiger partial charge < -0.3 is 13.9 Å². The van der Waals surface area contributed by atoms with Crippen LogP contribution in [0.4, 0.5) is 0 Å². The van der Waals surface area contributed by atoms with Gasteiger partial charge in [-0.15, -0.1) is 0 Å². The van der Waals surface area contributed by atoms with Gasteiger partial charge in [-0.05, 0) is 58.0 Å². The van der Waals surface area contributed by atoms with Gasteiger partial charge >= 0.3 is 5.97 Å². The summed E-state index contributed by atoms with van der Waals surface area (Å²) in [5, 5.41) is 0.336. The van der Waals surface area contributed by atoms with E-state index < -0.39 is 5.97 Å². The lowest BCUT2D eigenvalue weighted by molar-refractivity contribution is 0.0526. The summed E-state index contributed by atoms with van der Waals surface area (Å²) in [6.07, 6.45) is -0.00855. The van der Waals surface area contributed by atoms with Crippen molar-refractivity contribution in [1.82, 2.24) is 0 Å². The monoisotopic (exact) mass is 366 g/mol. The number of esters is 1. The number of hydrogen-bond acceptors (Lipinski definition) is 5. The average molecular weight is 366 g/mol. The molecule has 27 heavy (non-hydrogen) atoms. The third-order valence-electron chi connectivity index (χ3n) is 4.00. The second kappa shape index (κ2) is 7.66. The van der Waals surface area contributed by atoms with Gasteiger partial charge in [-0.2, -0.15) is 0 Å². The minimum absolute atomic E-state index is 0.00855. The third-order valence-corrected chi connectivity index (χ3v) is 4.00. The molecule has 0 saturated carbocycles. The fourth-order valence-corrected chi connectivity index (χ4v) is 2.82. The number of rotatable bonds is 5. The van der Waals surface area contributed by atoms with Crippen LogP contribution >= 0.6 is 0 Å². The Labute approximate surface area is 157 Å². The number of fused-ring (bicyclic) bond motifs is 1. The number of hydrogen-bond donors (Lipinski definition) is 0. The van der Waals surface area contributed by atoms with Crippen LogP contribution < -0.4 is 10.2 Å². The minimum atomic E-state index is -0.464. The summed E-state index contributed by atoms with van der Waals surface area (Å²) in [5.41, 5.74) is 2.25. The minimum Gasteiger partial charge on any atom is -0.490 e. The molecule has 140 valence electrons. The molecule has 0 N–H and O–H groups in total. The zero-order valence-electron chi connectivity index (χ0n) is 15.9. The van der Waals surface area contributed by atoms with Crippen molar-refractivity contribution >= 4 is 16.9 Å². The molecule has 3 rings (SSSR count). The van der Waals surface area contributed by atoms with Gasteiger partial charge in [0, 0.05) is 6.07 Å². The predicted octanol–water partition coefficient (Wildman–Crippen LogP) is 4.73. The maximum atomic E-state index is 12.7. The zero-order chi connectivity index (χ0) is 19.6. The molecule has 0 aliphatic carbocycles. The van der Waals surface area contributed by atoms with Crippen LogP contribution in [0.15, 0.2) is 51.7 Å². The summed E-state index contributed by atoms with van der Waals surface area (Å²) in [6.45, 7) is 7.86. The van der Waals surface area contributed by atoms with E-state index in [9.17, 15) is 9.59 Å². The average Bonchev–Trinajstić information content (AvgIpc) is 2.62.